The smallest absolute Gasteiger partial charge is 0.270 e. The summed E-state index contributed by atoms with van der Waals surface area (Å²) in [7, 11) is -2.97. The van der Waals surface area contributed by atoms with Crippen LogP contribution in [0.5, 0.6) is 5.75 Å². The molecule has 0 radical (unpaired) electrons. The lowest BCUT2D eigenvalue weighted by molar-refractivity contribution is -0.385. The van der Waals surface area contributed by atoms with Crippen LogP contribution in [0.4, 0.5) is 11.4 Å². The second-order valence-corrected chi connectivity index (χ2v) is 7.88. The summed E-state index contributed by atoms with van der Waals surface area (Å²) in [6, 6.07) is 11.0. The maximum Gasteiger partial charge on any atom is 0.270 e. The van der Waals surface area contributed by atoms with Crippen molar-refractivity contribution in [3.05, 3.63) is 68.8 Å². The quantitative estimate of drug-likeness (QED) is 0.455. The summed E-state index contributed by atoms with van der Waals surface area (Å²) in [5.41, 5.74) is -0.212. The Morgan fingerprint density at radius 1 is 1.00 bits per heavy atom. The zero-order valence-corrected chi connectivity index (χ0v) is 13.0. The molecule has 0 spiro atoms. The number of hydrogen-bond donors (Lipinski definition) is 0. The zero-order chi connectivity index (χ0) is 17.0. The number of hydrogen-bond acceptors (Lipinski definition) is 6. The van der Waals surface area contributed by atoms with Crippen molar-refractivity contribution in [2.24, 2.45) is 0 Å². The first-order valence-corrected chi connectivity index (χ1v) is 8.82. The predicted molar refractivity (Wildman–Crippen MR) is 84.9 cm³/mol. The van der Waals surface area contributed by atoms with Gasteiger partial charge in [0.2, 0.25) is 0 Å². The minimum absolute atomic E-state index is 0.0734. The number of nitro benzene ring substituents is 2. The first-order valence-electron chi connectivity index (χ1n) is 6.48. The van der Waals surface area contributed by atoms with Gasteiger partial charge in [-0.1, -0.05) is 12.1 Å². The van der Waals surface area contributed by atoms with Crippen molar-refractivity contribution in [2.75, 3.05) is 13.0 Å². The van der Waals surface area contributed by atoms with E-state index in [1.165, 1.54) is 49.1 Å². The molecular weight excluding hydrogens is 323 g/mol. The molecule has 0 aliphatic heterocycles. The summed E-state index contributed by atoms with van der Waals surface area (Å²) < 4.78 is 18.1. The Kier molecular flexibility index (Phi) is 4.76. The van der Waals surface area contributed by atoms with Gasteiger partial charge in [-0.3, -0.25) is 20.2 Å². The van der Waals surface area contributed by atoms with Crippen molar-refractivity contribution >= 4 is 23.8 Å². The summed E-state index contributed by atoms with van der Waals surface area (Å²) in [5, 5.41) is 21.7. The lowest BCUT2D eigenvalue weighted by Gasteiger charge is -2.14. The Morgan fingerprint density at radius 2 is 1.61 bits per heavy atom. The molecular formula is C14H13N2O6P. The highest BCUT2D eigenvalue weighted by Gasteiger charge is 2.22. The van der Waals surface area contributed by atoms with Crippen LogP contribution >= 0.6 is 7.14 Å². The molecule has 0 aliphatic carbocycles. The fourth-order valence-corrected chi connectivity index (χ4v) is 3.19. The Hall–Kier alpha value is -2.73. The van der Waals surface area contributed by atoms with Crippen molar-refractivity contribution in [3.8, 4) is 5.75 Å². The second-order valence-electron chi connectivity index (χ2n) is 4.90. The topological polar surface area (TPSA) is 113 Å². The summed E-state index contributed by atoms with van der Waals surface area (Å²) in [5.74, 6) is 0.336. The van der Waals surface area contributed by atoms with Gasteiger partial charge in [-0.05, 0) is 18.8 Å². The van der Waals surface area contributed by atoms with Crippen molar-refractivity contribution in [3.63, 3.8) is 0 Å². The van der Waals surface area contributed by atoms with Crippen molar-refractivity contribution in [1.29, 1.82) is 0 Å². The number of rotatable bonds is 6. The van der Waals surface area contributed by atoms with Gasteiger partial charge in [0.05, 0.1) is 9.85 Å². The fourth-order valence-electron chi connectivity index (χ4n) is 1.84. The summed E-state index contributed by atoms with van der Waals surface area (Å²) >= 11 is 0. The highest BCUT2D eigenvalue weighted by Crippen LogP contribution is 2.40. The maximum absolute atomic E-state index is 12.7. The van der Waals surface area contributed by atoms with Gasteiger partial charge in [0.25, 0.3) is 11.4 Å². The molecule has 0 fully saturated rings. The molecule has 8 nitrogen and oxygen atoms in total. The number of benzene rings is 2. The molecule has 23 heavy (non-hydrogen) atoms. The van der Waals surface area contributed by atoms with Gasteiger partial charge in [-0.15, -0.1) is 0 Å². The van der Waals surface area contributed by atoms with Crippen LogP contribution in [0, 0.1) is 20.2 Å². The average Bonchev–Trinajstić information content (AvgIpc) is 2.53. The predicted octanol–water partition coefficient (Wildman–Crippen LogP) is 3.16. The van der Waals surface area contributed by atoms with E-state index in [1.54, 1.807) is 6.07 Å². The second kappa shape index (κ2) is 6.58. The van der Waals surface area contributed by atoms with Crippen LogP contribution < -0.4 is 10.0 Å². The molecule has 0 bridgehead atoms. The van der Waals surface area contributed by atoms with Gasteiger partial charge in [-0.2, -0.15) is 0 Å². The van der Waals surface area contributed by atoms with Crippen molar-refractivity contribution in [2.45, 2.75) is 0 Å². The Bertz CT molecular complexity index is 790. The molecule has 2 rings (SSSR count). The third-order valence-corrected chi connectivity index (χ3v) is 5.10. The van der Waals surface area contributed by atoms with Gasteiger partial charge in [0.15, 0.2) is 0 Å². The number of nitro groups is 2. The lowest BCUT2D eigenvalue weighted by atomic mass is 10.3. The van der Waals surface area contributed by atoms with Gasteiger partial charge >= 0.3 is 0 Å². The third kappa shape index (κ3) is 4.14. The highest BCUT2D eigenvalue weighted by atomic mass is 31.2. The largest absolute Gasteiger partial charge is 0.486 e. The van der Waals surface area contributed by atoms with Gasteiger partial charge in [-0.25, -0.2) is 0 Å². The van der Waals surface area contributed by atoms with Gasteiger partial charge < -0.3 is 9.30 Å². The SMILES string of the molecule is CP(=O)(COc1ccc([N+](=O)[O-])cc1)c1cccc([N+](=O)[O-])c1. The van der Waals surface area contributed by atoms with Gasteiger partial charge in [0, 0.05) is 29.6 Å². The molecule has 0 aromatic heterocycles. The van der Waals surface area contributed by atoms with Crippen molar-refractivity contribution < 1.29 is 19.1 Å². The molecule has 2 aromatic carbocycles. The molecule has 1 atom stereocenters. The van der Waals surface area contributed by atoms with Crippen LogP contribution in [0.25, 0.3) is 0 Å². The zero-order valence-electron chi connectivity index (χ0n) is 12.1. The molecule has 1 unspecified atom stereocenters. The van der Waals surface area contributed by atoms with E-state index in [-0.39, 0.29) is 17.7 Å². The molecule has 0 saturated heterocycles. The number of non-ortho nitro benzene ring substituents is 2. The Balaban J connectivity index is 2.12. The monoisotopic (exact) mass is 336 g/mol. The van der Waals surface area contributed by atoms with E-state index in [9.17, 15) is 24.8 Å². The minimum atomic E-state index is -2.97. The summed E-state index contributed by atoms with van der Waals surface area (Å²) in [6.07, 6.45) is -0.161. The Labute approximate surface area is 131 Å². The van der Waals surface area contributed by atoms with Crippen LogP contribution in [0.1, 0.15) is 0 Å². The lowest BCUT2D eigenvalue weighted by Crippen LogP contribution is -2.11. The summed E-state index contributed by atoms with van der Waals surface area (Å²) in [6.45, 7) is 1.47. The highest BCUT2D eigenvalue weighted by molar-refractivity contribution is 7.70. The van der Waals surface area contributed by atoms with Crippen LogP contribution in [0.2, 0.25) is 0 Å². The number of nitrogens with zero attached hydrogens (tertiary/aromatic N) is 2. The molecule has 2 aromatic rings. The maximum atomic E-state index is 12.7. The van der Waals surface area contributed by atoms with Crippen LogP contribution in [-0.4, -0.2) is 22.9 Å². The normalized spacial score (nSPS) is 13.1. The fraction of sp³-hybridized carbons (Fsp3) is 0.143. The van der Waals surface area contributed by atoms with Gasteiger partial charge in [0.1, 0.15) is 19.2 Å². The van der Waals surface area contributed by atoms with E-state index in [0.717, 1.165) is 0 Å². The molecule has 0 amide bonds. The standard InChI is InChI=1S/C14H13N2O6P/c1-23(21,14-4-2-3-12(9-14)16(19)20)10-22-13-7-5-11(6-8-13)15(17)18/h2-9H,10H2,1H3. The van der Waals surface area contributed by atoms with E-state index < -0.39 is 17.0 Å². The van der Waals surface area contributed by atoms with E-state index in [4.69, 9.17) is 4.74 Å². The van der Waals surface area contributed by atoms with Crippen LogP contribution in [0.15, 0.2) is 48.5 Å². The van der Waals surface area contributed by atoms with Crippen LogP contribution in [0.3, 0.4) is 0 Å². The molecule has 0 heterocycles. The van der Waals surface area contributed by atoms with E-state index in [0.29, 0.717) is 11.1 Å². The Morgan fingerprint density at radius 3 is 2.17 bits per heavy atom. The molecule has 9 heteroatoms. The third-order valence-electron chi connectivity index (χ3n) is 3.11. The molecule has 0 saturated carbocycles. The first-order chi connectivity index (χ1) is 10.8. The minimum Gasteiger partial charge on any atom is -0.486 e. The molecule has 0 N–H and O–H groups in total. The first kappa shape index (κ1) is 16.6. The van der Waals surface area contributed by atoms with E-state index in [1.807, 2.05) is 0 Å². The molecule has 120 valence electrons. The van der Waals surface area contributed by atoms with Crippen LogP contribution in [-0.2, 0) is 4.57 Å². The average molecular weight is 336 g/mol. The van der Waals surface area contributed by atoms with E-state index >= 15 is 0 Å². The molecule has 0 aliphatic rings. The summed E-state index contributed by atoms with van der Waals surface area (Å²) in [4.78, 5) is 20.3. The number of ether oxygens (including phenoxy) is 1. The van der Waals surface area contributed by atoms with Crippen molar-refractivity contribution in [1.82, 2.24) is 0 Å². The van der Waals surface area contributed by atoms with E-state index in [2.05, 4.69) is 0 Å².